The van der Waals surface area contributed by atoms with Crippen LogP contribution in [-0.4, -0.2) is 24.6 Å². The van der Waals surface area contributed by atoms with Crippen LogP contribution in [0.3, 0.4) is 0 Å². The number of nitrogens with zero attached hydrogens (tertiary/aromatic N) is 2. The van der Waals surface area contributed by atoms with Gasteiger partial charge in [0.1, 0.15) is 11.6 Å². The van der Waals surface area contributed by atoms with Crippen molar-refractivity contribution < 1.29 is 8.42 Å². The van der Waals surface area contributed by atoms with E-state index in [0.29, 0.717) is 12.4 Å². The normalized spacial score (nSPS) is 15.1. The van der Waals surface area contributed by atoms with E-state index in [4.69, 9.17) is 0 Å². The number of hydrogen-bond donors (Lipinski definition) is 1. The minimum absolute atomic E-state index is 0.0761. The molecule has 6 heteroatoms. The lowest BCUT2D eigenvalue weighted by Gasteiger charge is -2.07. The van der Waals surface area contributed by atoms with Crippen LogP contribution in [0.1, 0.15) is 29.7 Å². The monoisotopic (exact) mass is 241 g/mol. The van der Waals surface area contributed by atoms with E-state index in [9.17, 15) is 8.42 Å². The Hall–Kier alpha value is -1.01. The molecule has 1 N–H and O–H groups in total. The fourth-order valence-electron chi connectivity index (χ4n) is 1.89. The van der Waals surface area contributed by atoms with Gasteiger partial charge < -0.3 is 5.32 Å². The number of nitrogens with one attached hydrogen (secondary N) is 1. The number of aryl methyl sites for hydroxylation is 1. The zero-order chi connectivity index (χ0) is 11.8. The first-order valence-electron chi connectivity index (χ1n) is 5.25. The smallest absolute Gasteiger partial charge is 0.154 e. The van der Waals surface area contributed by atoms with Crippen molar-refractivity contribution in [2.24, 2.45) is 0 Å². The Bertz CT molecular complexity index is 511. The highest BCUT2D eigenvalue weighted by molar-refractivity contribution is 7.89. The van der Waals surface area contributed by atoms with Crippen molar-refractivity contribution in [3.05, 3.63) is 22.8 Å². The predicted octanol–water partition coefficient (Wildman–Crippen LogP) is 0.187. The maximum absolute atomic E-state index is 11.2. The summed E-state index contributed by atoms with van der Waals surface area (Å²) in [5.74, 6) is 0.342. The summed E-state index contributed by atoms with van der Waals surface area (Å²) in [7, 11) is -3.06. The molecule has 0 unspecified atom stereocenters. The SMILES string of the molecule is CCc1nc(CS(C)(=O)=O)nc2c1CNC2. The van der Waals surface area contributed by atoms with Crippen LogP contribution in [0.5, 0.6) is 0 Å². The number of hydrogen-bond acceptors (Lipinski definition) is 5. The zero-order valence-electron chi connectivity index (χ0n) is 9.45. The van der Waals surface area contributed by atoms with Crippen molar-refractivity contribution >= 4 is 9.84 Å². The Kier molecular flexibility index (Phi) is 2.94. The summed E-state index contributed by atoms with van der Waals surface area (Å²) in [5.41, 5.74) is 3.05. The molecule has 0 bridgehead atoms. The lowest BCUT2D eigenvalue weighted by molar-refractivity contribution is 0.599. The minimum atomic E-state index is -3.06. The van der Waals surface area contributed by atoms with Crippen LogP contribution in [0.15, 0.2) is 0 Å². The maximum atomic E-state index is 11.2. The molecule has 0 atom stereocenters. The molecule has 16 heavy (non-hydrogen) atoms. The predicted molar refractivity (Wildman–Crippen MR) is 60.5 cm³/mol. The van der Waals surface area contributed by atoms with Crippen LogP contribution < -0.4 is 5.32 Å². The Balaban J connectivity index is 2.42. The van der Waals surface area contributed by atoms with Gasteiger partial charge in [0.15, 0.2) is 9.84 Å². The van der Waals surface area contributed by atoms with Gasteiger partial charge in [-0.15, -0.1) is 0 Å². The Morgan fingerprint density at radius 1 is 1.31 bits per heavy atom. The second-order valence-corrected chi connectivity index (χ2v) is 6.18. The molecule has 0 aliphatic carbocycles. The first kappa shape index (κ1) is 11.5. The quantitative estimate of drug-likeness (QED) is 0.817. The largest absolute Gasteiger partial charge is 0.307 e. The number of rotatable bonds is 3. The van der Waals surface area contributed by atoms with E-state index in [1.54, 1.807) is 0 Å². The lowest BCUT2D eigenvalue weighted by Crippen LogP contribution is -2.10. The van der Waals surface area contributed by atoms with Crippen LogP contribution in [0.25, 0.3) is 0 Å². The average molecular weight is 241 g/mol. The molecule has 1 aliphatic rings. The standard InChI is InChI=1S/C10H15N3O2S/c1-3-8-7-4-11-5-9(7)13-10(12-8)6-16(2,14)15/h11H,3-6H2,1-2H3. The van der Waals surface area contributed by atoms with Crippen molar-refractivity contribution in [3.8, 4) is 0 Å². The summed E-state index contributed by atoms with van der Waals surface area (Å²) in [5, 5.41) is 3.20. The maximum Gasteiger partial charge on any atom is 0.154 e. The van der Waals surface area contributed by atoms with Gasteiger partial charge in [0, 0.05) is 30.6 Å². The van der Waals surface area contributed by atoms with E-state index in [1.165, 1.54) is 6.26 Å². The molecule has 2 heterocycles. The summed E-state index contributed by atoms with van der Waals surface area (Å²) >= 11 is 0. The highest BCUT2D eigenvalue weighted by Gasteiger charge is 2.19. The van der Waals surface area contributed by atoms with E-state index in [0.717, 1.165) is 29.9 Å². The van der Waals surface area contributed by atoms with E-state index < -0.39 is 9.84 Å². The van der Waals surface area contributed by atoms with Gasteiger partial charge in [0.25, 0.3) is 0 Å². The third-order valence-corrected chi connectivity index (χ3v) is 3.33. The molecular formula is C10H15N3O2S. The van der Waals surface area contributed by atoms with Gasteiger partial charge >= 0.3 is 0 Å². The molecule has 5 nitrogen and oxygen atoms in total. The third-order valence-electron chi connectivity index (χ3n) is 2.55. The van der Waals surface area contributed by atoms with Crippen molar-refractivity contribution in [1.82, 2.24) is 15.3 Å². The summed E-state index contributed by atoms with van der Waals surface area (Å²) in [6.07, 6.45) is 2.01. The summed E-state index contributed by atoms with van der Waals surface area (Å²) in [4.78, 5) is 8.61. The molecule has 2 rings (SSSR count). The lowest BCUT2D eigenvalue weighted by atomic mass is 10.1. The van der Waals surface area contributed by atoms with Crippen molar-refractivity contribution in [2.45, 2.75) is 32.2 Å². The van der Waals surface area contributed by atoms with Crippen molar-refractivity contribution in [1.29, 1.82) is 0 Å². The highest BCUT2D eigenvalue weighted by Crippen LogP contribution is 2.18. The molecular weight excluding hydrogens is 226 g/mol. The molecule has 1 aromatic heterocycles. The molecule has 0 saturated carbocycles. The van der Waals surface area contributed by atoms with Crippen LogP contribution >= 0.6 is 0 Å². The van der Waals surface area contributed by atoms with Gasteiger partial charge in [0.05, 0.1) is 5.69 Å². The molecule has 0 saturated heterocycles. The second-order valence-electron chi connectivity index (χ2n) is 4.04. The summed E-state index contributed by atoms with van der Waals surface area (Å²) < 4.78 is 22.4. The van der Waals surface area contributed by atoms with E-state index in [2.05, 4.69) is 15.3 Å². The van der Waals surface area contributed by atoms with E-state index in [1.807, 2.05) is 6.92 Å². The van der Waals surface area contributed by atoms with Gasteiger partial charge in [-0.05, 0) is 6.42 Å². The summed E-state index contributed by atoms with van der Waals surface area (Å²) in [6.45, 7) is 3.52. The van der Waals surface area contributed by atoms with E-state index >= 15 is 0 Å². The Morgan fingerprint density at radius 2 is 2.06 bits per heavy atom. The Morgan fingerprint density at radius 3 is 2.69 bits per heavy atom. The van der Waals surface area contributed by atoms with Crippen LogP contribution in [0, 0.1) is 0 Å². The van der Waals surface area contributed by atoms with Gasteiger partial charge in [-0.1, -0.05) is 6.92 Å². The molecule has 0 amide bonds. The zero-order valence-corrected chi connectivity index (χ0v) is 10.3. The molecule has 0 spiro atoms. The summed E-state index contributed by atoms with van der Waals surface area (Å²) in [6, 6.07) is 0. The van der Waals surface area contributed by atoms with Crippen LogP contribution in [-0.2, 0) is 35.1 Å². The van der Waals surface area contributed by atoms with Crippen LogP contribution in [0.4, 0.5) is 0 Å². The molecule has 0 radical (unpaired) electrons. The molecule has 0 aromatic carbocycles. The first-order valence-corrected chi connectivity index (χ1v) is 7.31. The van der Waals surface area contributed by atoms with Crippen molar-refractivity contribution in [3.63, 3.8) is 0 Å². The molecule has 88 valence electrons. The molecule has 1 aromatic rings. The Labute approximate surface area is 95.2 Å². The number of aromatic nitrogens is 2. The minimum Gasteiger partial charge on any atom is -0.307 e. The topological polar surface area (TPSA) is 72.0 Å². The highest BCUT2D eigenvalue weighted by atomic mass is 32.2. The van der Waals surface area contributed by atoms with Crippen LogP contribution in [0.2, 0.25) is 0 Å². The molecule has 1 aliphatic heterocycles. The van der Waals surface area contributed by atoms with E-state index in [-0.39, 0.29) is 5.75 Å². The van der Waals surface area contributed by atoms with Gasteiger partial charge in [-0.25, -0.2) is 18.4 Å². The van der Waals surface area contributed by atoms with Gasteiger partial charge in [0.2, 0.25) is 0 Å². The third kappa shape index (κ3) is 2.38. The van der Waals surface area contributed by atoms with Gasteiger partial charge in [-0.3, -0.25) is 0 Å². The first-order chi connectivity index (χ1) is 7.49. The fourth-order valence-corrected chi connectivity index (χ4v) is 2.48. The van der Waals surface area contributed by atoms with Crippen molar-refractivity contribution in [2.75, 3.05) is 6.26 Å². The number of sulfone groups is 1. The molecule has 0 fully saturated rings. The number of fused-ring (bicyclic) bond motifs is 1. The average Bonchev–Trinajstić information content (AvgIpc) is 2.61. The fraction of sp³-hybridized carbons (Fsp3) is 0.600. The second kappa shape index (κ2) is 4.10. The van der Waals surface area contributed by atoms with Gasteiger partial charge in [-0.2, -0.15) is 0 Å².